The zero-order valence-corrected chi connectivity index (χ0v) is 14.1. The Morgan fingerprint density at radius 1 is 1.20 bits per heavy atom. The van der Waals surface area contributed by atoms with Crippen molar-refractivity contribution >= 4 is 27.5 Å². The van der Waals surface area contributed by atoms with Gasteiger partial charge >= 0.3 is 0 Å². The molecular weight excluding hydrogens is 334 g/mol. The second-order valence-corrected chi connectivity index (χ2v) is 6.17. The lowest BCUT2D eigenvalue weighted by Gasteiger charge is -2.20. The molecule has 1 nitrogen and oxygen atoms in total. The van der Waals surface area contributed by atoms with Gasteiger partial charge in [0.05, 0.1) is 6.04 Å². The SMILES string of the molecule is CCCc1cccc(C(NC)c2cc(Cl)ccc2Br)c1. The molecule has 2 aromatic rings. The van der Waals surface area contributed by atoms with Gasteiger partial charge in [0.2, 0.25) is 0 Å². The number of halogens is 2. The van der Waals surface area contributed by atoms with Gasteiger partial charge in [0, 0.05) is 9.50 Å². The summed E-state index contributed by atoms with van der Waals surface area (Å²) in [6.07, 6.45) is 2.27. The number of hydrogen-bond donors (Lipinski definition) is 1. The predicted molar refractivity (Wildman–Crippen MR) is 90.5 cm³/mol. The highest BCUT2D eigenvalue weighted by molar-refractivity contribution is 9.10. The summed E-state index contributed by atoms with van der Waals surface area (Å²) < 4.78 is 1.07. The molecule has 1 unspecified atom stereocenters. The molecule has 2 rings (SSSR count). The molecule has 1 atom stereocenters. The highest BCUT2D eigenvalue weighted by Gasteiger charge is 2.15. The van der Waals surface area contributed by atoms with Gasteiger partial charge in [-0.15, -0.1) is 0 Å². The van der Waals surface area contributed by atoms with E-state index in [2.05, 4.69) is 52.4 Å². The molecule has 2 aromatic carbocycles. The first-order valence-electron chi connectivity index (χ1n) is 6.86. The van der Waals surface area contributed by atoms with Gasteiger partial charge in [0.25, 0.3) is 0 Å². The summed E-state index contributed by atoms with van der Waals surface area (Å²) in [5.74, 6) is 0. The highest BCUT2D eigenvalue weighted by atomic mass is 79.9. The maximum absolute atomic E-state index is 6.14. The van der Waals surface area contributed by atoms with Crippen LogP contribution >= 0.6 is 27.5 Å². The molecule has 0 saturated carbocycles. The Morgan fingerprint density at radius 3 is 2.70 bits per heavy atom. The standard InChI is InChI=1S/C17H19BrClN/c1-3-5-12-6-4-7-13(10-12)17(20-2)15-11-14(19)8-9-16(15)18/h4,6-11,17,20H,3,5H2,1-2H3. The molecule has 0 aliphatic heterocycles. The fraction of sp³-hybridized carbons (Fsp3) is 0.294. The third kappa shape index (κ3) is 3.63. The maximum atomic E-state index is 6.14. The summed E-state index contributed by atoms with van der Waals surface area (Å²) >= 11 is 9.76. The molecule has 0 bridgehead atoms. The zero-order chi connectivity index (χ0) is 14.5. The topological polar surface area (TPSA) is 12.0 Å². The fourth-order valence-corrected chi connectivity index (χ4v) is 3.11. The molecule has 106 valence electrons. The van der Waals surface area contributed by atoms with Gasteiger partial charge in [-0.3, -0.25) is 0 Å². The van der Waals surface area contributed by atoms with Crippen molar-refractivity contribution in [2.24, 2.45) is 0 Å². The lowest BCUT2D eigenvalue weighted by atomic mass is 9.96. The molecule has 0 heterocycles. The van der Waals surface area contributed by atoms with Crippen molar-refractivity contribution in [3.8, 4) is 0 Å². The quantitative estimate of drug-likeness (QED) is 0.763. The van der Waals surface area contributed by atoms with Crippen molar-refractivity contribution in [1.82, 2.24) is 5.32 Å². The molecule has 0 aliphatic carbocycles. The highest BCUT2D eigenvalue weighted by Crippen LogP contribution is 2.31. The molecule has 0 aromatic heterocycles. The van der Waals surface area contributed by atoms with E-state index in [4.69, 9.17) is 11.6 Å². The van der Waals surface area contributed by atoms with E-state index < -0.39 is 0 Å². The van der Waals surface area contributed by atoms with E-state index in [9.17, 15) is 0 Å². The molecule has 0 saturated heterocycles. The number of rotatable bonds is 5. The number of hydrogen-bond acceptors (Lipinski definition) is 1. The lowest BCUT2D eigenvalue weighted by Crippen LogP contribution is -2.18. The molecule has 3 heteroatoms. The van der Waals surface area contributed by atoms with Gasteiger partial charge in [-0.1, -0.05) is 65.1 Å². The van der Waals surface area contributed by atoms with Crippen LogP contribution in [0.1, 0.15) is 36.1 Å². The largest absolute Gasteiger partial charge is 0.309 e. The first kappa shape index (κ1) is 15.6. The van der Waals surface area contributed by atoms with Gasteiger partial charge in [0.15, 0.2) is 0 Å². The van der Waals surface area contributed by atoms with Crippen LogP contribution in [0.25, 0.3) is 0 Å². The monoisotopic (exact) mass is 351 g/mol. The van der Waals surface area contributed by atoms with Gasteiger partial charge in [-0.25, -0.2) is 0 Å². The summed E-state index contributed by atoms with van der Waals surface area (Å²) in [5, 5.41) is 4.14. The van der Waals surface area contributed by atoms with Crippen LogP contribution in [0.5, 0.6) is 0 Å². The summed E-state index contributed by atoms with van der Waals surface area (Å²) in [6, 6.07) is 14.8. The lowest BCUT2D eigenvalue weighted by molar-refractivity contribution is 0.687. The van der Waals surface area contributed by atoms with Crippen LogP contribution in [-0.2, 0) is 6.42 Å². The molecule has 1 N–H and O–H groups in total. The van der Waals surface area contributed by atoms with E-state index in [1.165, 1.54) is 11.1 Å². The first-order chi connectivity index (χ1) is 9.65. The molecule has 0 aliphatic rings. The molecular formula is C17H19BrClN. The van der Waals surface area contributed by atoms with Crippen LogP contribution in [-0.4, -0.2) is 7.05 Å². The first-order valence-corrected chi connectivity index (χ1v) is 8.04. The third-order valence-electron chi connectivity index (χ3n) is 3.38. The minimum Gasteiger partial charge on any atom is -0.309 e. The minimum absolute atomic E-state index is 0.139. The number of aryl methyl sites for hydroxylation is 1. The van der Waals surface area contributed by atoms with Gasteiger partial charge in [-0.2, -0.15) is 0 Å². The summed E-state index contributed by atoms with van der Waals surface area (Å²) in [5.41, 5.74) is 3.80. The Morgan fingerprint density at radius 2 is 2.00 bits per heavy atom. The van der Waals surface area contributed by atoms with Crippen LogP contribution in [0.4, 0.5) is 0 Å². The third-order valence-corrected chi connectivity index (χ3v) is 4.34. The van der Waals surface area contributed by atoms with Gasteiger partial charge < -0.3 is 5.32 Å². The van der Waals surface area contributed by atoms with E-state index in [1.807, 2.05) is 25.2 Å². The Hall–Kier alpha value is -0.830. The van der Waals surface area contributed by atoms with E-state index >= 15 is 0 Å². The maximum Gasteiger partial charge on any atom is 0.0586 e. The summed E-state index contributed by atoms with van der Waals surface area (Å²) in [7, 11) is 1.98. The number of benzene rings is 2. The molecule has 0 radical (unpaired) electrons. The molecule has 0 fully saturated rings. The van der Waals surface area contributed by atoms with Crippen molar-refractivity contribution in [3.05, 3.63) is 68.7 Å². The van der Waals surface area contributed by atoms with Crippen LogP contribution in [0.3, 0.4) is 0 Å². The molecule has 0 amide bonds. The van der Waals surface area contributed by atoms with Crippen LogP contribution in [0.15, 0.2) is 46.9 Å². The predicted octanol–water partition coefficient (Wildman–Crippen LogP) is 5.36. The average Bonchev–Trinajstić information content (AvgIpc) is 2.44. The minimum atomic E-state index is 0.139. The van der Waals surface area contributed by atoms with Crippen LogP contribution in [0, 0.1) is 0 Å². The Labute approximate surface area is 134 Å². The normalized spacial score (nSPS) is 12.4. The second-order valence-electron chi connectivity index (χ2n) is 4.88. The summed E-state index contributed by atoms with van der Waals surface area (Å²) in [6.45, 7) is 2.20. The van der Waals surface area contributed by atoms with Crippen molar-refractivity contribution in [1.29, 1.82) is 0 Å². The Bertz CT molecular complexity index is 583. The van der Waals surface area contributed by atoms with E-state index in [0.717, 1.165) is 27.9 Å². The van der Waals surface area contributed by atoms with Gasteiger partial charge in [-0.05, 0) is 48.4 Å². The van der Waals surface area contributed by atoms with Crippen molar-refractivity contribution in [3.63, 3.8) is 0 Å². The van der Waals surface area contributed by atoms with Crippen molar-refractivity contribution in [2.75, 3.05) is 7.05 Å². The fourth-order valence-electron chi connectivity index (χ4n) is 2.45. The second kappa shape index (κ2) is 7.26. The smallest absolute Gasteiger partial charge is 0.0586 e. The molecule has 0 spiro atoms. The van der Waals surface area contributed by atoms with Crippen molar-refractivity contribution in [2.45, 2.75) is 25.8 Å². The van der Waals surface area contributed by atoms with Gasteiger partial charge in [0.1, 0.15) is 0 Å². The average molecular weight is 353 g/mol. The van der Waals surface area contributed by atoms with E-state index in [1.54, 1.807) is 0 Å². The zero-order valence-electron chi connectivity index (χ0n) is 11.8. The van der Waals surface area contributed by atoms with Crippen LogP contribution in [0.2, 0.25) is 5.02 Å². The summed E-state index contributed by atoms with van der Waals surface area (Å²) in [4.78, 5) is 0. The molecule has 20 heavy (non-hydrogen) atoms. The van der Waals surface area contributed by atoms with Crippen molar-refractivity contribution < 1.29 is 0 Å². The number of nitrogens with one attached hydrogen (secondary N) is 1. The Balaban J connectivity index is 2.41. The van der Waals surface area contributed by atoms with Crippen LogP contribution < -0.4 is 5.32 Å². The van der Waals surface area contributed by atoms with E-state index in [-0.39, 0.29) is 6.04 Å². The Kier molecular flexibility index (Phi) is 5.64. The van der Waals surface area contributed by atoms with E-state index in [0.29, 0.717) is 0 Å².